The van der Waals surface area contributed by atoms with Crippen LogP contribution in [0.1, 0.15) is 31.2 Å². The number of likely N-dealkylation sites (N-methyl/N-ethyl adjacent to an activating group) is 1. The number of nitrogens with zero attached hydrogens (tertiary/aromatic N) is 6. The number of carbonyl (C=O) groups is 2. The molecule has 2 aromatic rings. The van der Waals surface area contributed by atoms with Gasteiger partial charge in [-0.15, -0.1) is 0 Å². The van der Waals surface area contributed by atoms with Crippen molar-refractivity contribution in [3.8, 4) is 5.75 Å². The van der Waals surface area contributed by atoms with Crippen molar-refractivity contribution in [3.05, 3.63) is 36.5 Å². The van der Waals surface area contributed by atoms with Gasteiger partial charge in [0.05, 0.1) is 30.7 Å². The standard InChI is InChI=1S/C29H35F5N8O3/c1-4-24(43)36-20-13-21(23(45-3)14-22(20)40-11-9-39(2)10-12-40)37-26-35-15-18-16-41(17-29(32,33)34)27(44)42(25(18)38-26)19-5-7-28(30,31)8-6-19/h4,13-15,19H,1,5-12,16-17H2,2-3H3,(H,36,43)(H,35,37,38). The second-order valence-electron chi connectivity index (χ2n) is 11.4. The predicted molar refractivity (Wildman–Crippen MR) is 158 cm³/mol. The topological polar surface area (TPSA) is 106 Å². The molecule has 3 aliphatic rings. The van der Waals surface area contributed by atoms with E-state index < -0.39 is 56.0 Å². The lowest BCUT2D eigenvalue weighted by Crippen LogP contribution is -2.55. The van der Waals surface area contributed by atoms with Crippen LogP contribution in [0.15, 0.2) is 31.0 Å². The van der Waals surface area contributed by atoms with E-state index >= 15 is 0 Å². The van der Waals surface area contributed by atoms with Crippen LogP contribution < -0.4 is 25.2 Å². The van der Waals surface area contributed by atoms with Crippen LogP contribution in [0, 0.1) is 0 Å². The number of halogens is 5. The maximum absolute atomic E-state index is 14.0. The van der Waals surface area contributed by atoms with E-state index in [0.29, 0.717) is 35.1 Å². The Bertz CT molecular complexity index is 1440. The molecule has 1 aromatic heterocycles. The van der Waals surface area contributed by atoms with E-state index in [-0.39, 0.29) is 30.2 Å². The van der Waals surface area contributed by atoms with E-state index in [9.17, 15) is 31.5 Å². The van der Waals surface area contributed by atoms with Crippen molar-refractivity contribution in [3.63, 3.8) is 0 Å². The fourth-order valence-corrected chi connectivity index (χ4v) is 5.80. The highest BCUT2D eigenvalue weighted by Gasteiger charge is 2.45. The Labute approximate surface area is 257 Å². The molecule has 1 aromatic carbocycles. The lowest BCUT2D eigenvalue weighted by Gasteiger charge is -2.42. The van der Waals surface area contributed by atoms with Gasteiger partial charge in [0.2, 0.25) is 17.8 Å². The number of anilines is 5. The van der Waals surface area contributed by atoms with Gasteiger partial charge in [-0.3, -0.25) is 9.69 Å². The third kappa shape index (κ3) is 7.37. The fraction of sp³-hybridized carbons (Fsp3) is 0.517. The predicted octanol–water partition coefficient (Wildman–Crippen LogP) is 4.99. The number of rotatable bonds is 8. The van der Waals surface area contributed by atoms with Crippen LogP contribution in [0.25, 0.3) is 0 Å². The van der Waals surface area contributed by atoms with E-state index in [2.05, 4.69) is 37.0 Å². The molecule has 244 valence electrons. The lowest BCUT2D eigenvalue weighted by atomic mass is 9.90. The normalized spacial score (nSPS) is 19.3. The molecule has 1 aliphatic carbocycles. The minimum absolute atomic E-state index is 0.0106. The third-order valence-corrected chi connectivity index (χ3v) is 8.18. The summed E-state index contributed by atoms with van der Waals surface area (Å²) in [5, 5.41) is 5.86. The van der Waals surface area contributed by atoms with Crippen LogP contribution >= 0.6 is 0 Å². The summed E-state index contributed by atoms with van der Waals surface area (Å²) >= 11 is 0. The molecule has 1 saturated carbocycles. The number of benzene rings is 1. The van der Waals surface area contributed by atoms with Gasteiger partial charge in [0.1, 0.15) is 18.1 Å². The van der Waals surface area contributed by atoms with Crippen molar-refractivity contribution >= 4 is 40.8 Å². The van der Waals surface area contributed by atoms with Gasteiger partial charge in [0.25, 0.3) is 0 Å². The first-order valence-corrected chi connectivity index (χ1v) is 14.5. The maximum atomic E-state index is 14.0. The summed E-state index contributed by atoms with van der Waals surface area (Å²) in [5.41, 5.74) is 1.80. The molecule has 0 radical (unpaired) electrons. The molecule has 0 unspecified atom stereocenters. The molecule has 5 rings (SSSR count). The summed E-state index contributed by atoms with van der Waals surface area (Å²) < 4.78 is 73.6. The number of methoxy groups -OCH3 is 1. The fourth-order valence-electron chi connectivity index (χ4n) is 5.80. The number of carbonyl (C=O) groups excluding carboxylic acids is 2. The number of ether oxygens (including phenoxy) is 1. The van der Waals surface area contributed by atoms with Crippen molar-refractivity contribution in [1.29, 1.82) is 0 Å². The van der Waals surface area contributed by atoms with Gasteiger partial charge in [0.15, 0.2) is 0 Å². The van der Waals surface area contributed by atoms with E-state index in [4.69, 9.17) is 4.74 Å². The van der Waals surface area contributed by atoms with E-state index in [0.717, 1.165) is 29.8 Å². The highest BCUT2D eigenvalue weighted by atomic mass is 19.4. The van der Waals surface area contributed by atoms with Crippen LogP contribution in [-0.4, -0.2) is 96.7 Å². The third-order valence-electron chi connectivity index (χ3n) is 8.18. The van der Waals surface area contributed by atoms with Gasteiger partial charge in [0, 0.05) is 62.9 Å². The summed E-state index contributed by atoms with van der Waals surface area (Å²) in [7, 11) is 3.49. The molecule has 2 aliphatic heterocycles. The quantitative estimate of drug-likeness (QED) is 0.308. The van der Waals surface area contributed by atoms with Crippen LogP contribution in [0.2, 0.25) is 0 Å². The van der Waals surface area contributed by atoms with Crippen molar-refractivity contribution in [2.75, 3.05) is 67.3 Å². The van der Waals surface area contributed by atoms with E-state index in [1.165, 1.54) is 13.3 Å². The summed E-state index contributed by atoms with van der Waals surface area (Å²) in [6, 6.07) is 1.68. The van der Waals surface area contributed by atoms with Crippen LogP contribution in [-0.2, 0) is 11.3 Å². The first-order chi connectivity index (χ1) is 21.3. The number of fused-ring (bicyclic) bond motifs is 1. The average Bonchev–Trinajstić information content (AvgIpc) is 2.98. The molecule has 16 heteroatoms. The van der Waals surface area contributed by atoms with Crippen LogP contribution in [0.3, 0.4) is 0 Å². The second-order valence-corrected chi connectivity index (χ2v) is 11.4. The molecule has 1 saturated heterocycles. The van der Waals surface area contributed by atoms with Gasteiger partial charge in [-0.05, 0) is 32.0 Å². The molecule has 2 N–H and O–H groups in total. The van der Waals surface area contributed by atoms with Crippen molar-refractivity contribution in [2.45, 2.75) is 50.4 Å². The monoisotopic (exact) mass is 638 g/mol. The Hall–Kier alpha value is -4.21. The number of piperazine rings is 1. The zero-order valence-electron chi connectivity index (χ0n) is 25.0. The smallest absolute Gasteiger partial charge is 0.406 e. The van der Waals surface area contributed by atoms with Gasteiger partial charge in [-0.1, -0.05) is 6.58 Å². The number of amides is 3. The second kappa shape index (κ2) is 12.7. The molecule has 3 amide bonds. The Kier molecular flexibility index (Phi) is 9.05. The van der Waals surface area contributed by atoms with E-state index in [1.54, 1.807) is 12.1 Å². The number of urea groups is 1. The average molecular weight is 639 g/mol. The summed E-state index contributed by atoms with van der Waals surface area (Å²) in [5.74, 6) is -2.90. The maximum Gasteiger partial charge on any atom is 0.406 e. The van der Waals surface area contributed by atoms with Gasteiger partial charge < -0.3 is 30.1 Å². The molecule has 11 nitrogen and oxygen atoms in total. The van der Waals surface area contributed by atoms with Gasteiger partial charge in [-0.25, -0.2) is 18.6 Å². The summed E-state index contributed by atoms with van der Waals surface area (Å²) in [6.45, 7) is 4.68. The first-order valence-electron chi connectivity index (χ1n) is 14.5. The SMILES string of the molecule is C=CC(=O)Nc1cc(Nc2ncc3c(n2)N(C2CCC(F)(F)CC2)C(=O)N(CC(F)(F)F)C3)c(OC)cc1N1CCN(C)CC1. The Balaban J connectivity index is 1.50. The number of alkyl halides is 5. The molecule has 2 fully saturated rings. The number of nitrogens with one attached hydrogen (secondary N) is 2. The van der Waals surface area contributed by atoms with Gasteiger partial charge >= 0.3 is 12.2 Å². The van der Waals surface area contributed by atoms with Crippen LogP contribution in [0.4, 0.5) is 55.6 Å². The first kappa shape index (κ1) is 32.2. The molecule has 0 atom stereocenters. The summed E-state index contributed by atoms with van der Waals surface area (Å²) in [6.07, 6.45) is -3.39. The molecule has 0 spiro atoms. The minimum Gasteiger partial charge on any atom is -0.494 e. The summed E-state index contributed by atoms with van der Waals surface area (Å²) in [4.78, 5) is 40.5. The number of aromatic nitrogens is 2. The largest absolute Gasteiger partial charge is 0.494 e. The highest BCUT2D eigenvalue weighted by molar-refractivity contribution is 6.02. The zero-order valence-corrected chi connectivity index (χ0v) is 25.0. The lowest BCUT2D eigenvalue weighted by molar-refractivity contribution is -0.141. The molecule has 3 heterocycles. The minimum atomic E-state index is -4.66. The van der Waals surface area contributed by atoms with Crippen molar-refractivity contribution in [2.24, 2.45) is 0 Å². The molecule has 45 heavy (non-hydrogen) atoms. The number of hydrogen-bond acceptors (Lipinski definition) is 8. The van der Waals surface area contributed by atoms with Crippen molar-refractivity contribution < 1.29 is 36.3 Å². The Morgan fingerprint density at radius 3 is 2.47 bits per heavy atom. The van der Waals surface area contributed by atoms with E-state index in [1.807, 2.05) is 7.05 Å². The van der Waals surface area contributed by atoms with Crippen molar-refractivity contribution in [1.82, 2.24) is 19.8 Å². The molecular weight excluding hydrogens is 603 g/mol. The Morgan fingerprint density at radius 2 is 1.84 bits per heavy atom. The molecular formula is C29H35F5N8O3. The molecule has 0 bridgehead atoms. The van der Waals surface area contributed by atoms with Crippen LogP contribution in [0.5, 0.6) is 5.75 Å². The number of hydrogen-bond donors (Lipinski definition) is 2. The Morgan fingerprint density at radius 1 is 1.16 bits per heavy atom. The zero-order chi connectivity index (χ0) is 32.5. The highest BCUT2D eigenvalue weighted by Crippen LogP contribution is 2.41. The van der Waals surface area contributed by atoms with Gasteiger partial charge in [-0.2, -0.15) is 18.2 Å².